The molecule has 0 saturated carbocycles. The van der Waals surface area contributed by atoms with Crippen LogP contribution in [0.5, 0.6) is 0 Å². The Morgan fingerprint density at radius 1 is 1.22 bits per heavy atom. The number of aromatic nitrogens is 1. The van der Waals surface area contributed by atoms with Crippen LogP contribution in [0.3, 0.4) is 0 Å². The summed E-state index contributed by atoms with van der Waals surface area (Å²) in [5.74, 6) is -0.523. The van der Waals surface area contributed by atoms with Crippen molar-refractivity contribution in [3.8, 4) is 17.2 Å². The Bertz CT molecular complexity index is 635. The van der Waals surface area contributed by atoms with Crippen molar-refractivity contribution in [2.45, 2.75) is 6.42 Å². The Kier molecular flexibility index (Phi) is 3.81. The minimum absolute atomic E-state index is 0.0491. The molecule has 0 aliphatic heterocycles. The SMILES string of the molecule is N#CCc1c(F)cncc1-c1cc(Cl)ccc1Cl. The smallest absolute Gasteiger partial charge is 0.146 e. The molecule has 0 atom stereocenters. The number of rotatable bonds is 2. The first-order valence-electron chi connectivity index (χ1n) is 5.08. The molecule has 18 heavy (non-hydrogen) atoms. The monoisotopic (exact) mass is 280 g/mol. The van der Waals surface area contributed by atoms with Gasteiger partial charge in [-0.3, -0.25) is 4.98 Å². The Labute approximate surface area is 114 Å². The lowest BCUT2D eigenvalue weighted by molar-refractivity contribution is 0.609. The summed E-state index contributed by atoms with van der Waals surface area (Å²) in [5.41, 5.74) is 1.34. The van der Waals surface area contributed by atoms with Gasteiger partial charge in [0.15, 0.2) is 0 Å². The van der Waals surface area contributed by atoms with Gasteiger partial charge >= 0.3 is 0 Å². The highest BCUT2D eigenvalue weighted by Crippen LogP contribution is 2.33. The van der Waals surface area contributed by atoms with Crippen LogP contribution in [-0.4, -0.2) is 4.98 Å². The molecule has 0 N–H and O–H groups in total. The van der Waals surface area contributed by atoms with Gasteiger partial charge in [-0.25, -0.2) is 4.39 Å². The zero-order valence-corrected chi connectivity index (χ0v) is 10.6. The molecule has 0 radical (unpaired) electrons. The summed E-state index contributed by atoms with van der Waals surface area (Å²) in [6.07, 6.45) is 2.51. The number of halogens is 3. The number of hydrogen-bond donors (Lipinski definition) is 0. The molecule has 0 amide bonds. The van der Waals surface area contributed by atoms with Crippen LogP contribution in [0.2, 0.25) is 10.0 Å². The molecule has 1 heterocycles. The van der Waals surface area contributed by atoms with E-state index in [1.165, 1.54) is 6.20 Å². The number of nitrogens with zero attached hydrogens (tertiary/aromatic N) is 2. The molecule has 0 aliphatic rings. The summed E-state index contributed by atoms with van der Waals surface area (Å²) in [6, 6.07) is 6.82. The average molecular weight is 281 g/mol. The van der Waals surface area contributed by atoms with Crippen LogP contribution in [0.4, 0.5) is 4.39 Å². The highest BCUT2D eigenvalue weighted by molar-refractivity contribution is 6.35. The highest BCUT2D eigenvalue weighted by Gasteiger charge is 2.13. The van der Waals surface area contributed by atoms with E-state index in [0.717, 1.165) is 6.20 Å². The second kappa shape index (κ2) is 5.34. The van der Waals surface area contributed by atoms with E-state index >= 15 is 0 Å². The van der Waals surface area contributed by atoms with Crippen molar-refractivity contribution in [3.05, 3.63) is 52.0 Å². The van der Waals surface area contributed by atoms with E-state index in [1.54, 1.807) is 18.2 Å². The van der Waals surface area contributed by atoms with Crippen LogP contribution in [-0.2, 0) is 6.42 Å². The second-order valence-corrected chi connectivity index (χ2v) is 4.45. The maximum absolute atomic E-state index is 13.7. The van der Waals surface area contributed by atoms with Gasteiger partial charge in [-0.2, -0.15) is 5.26 Å². The van der Waals surface area contributed by atoms with Crippen molar-refractivity contribution >= 4 is 23.2 Å². The fraction of sp³-hybridized carbons (Fsp3) is 0.0769. The Hall–Kier alpha value is -1.63. The average Bonchev–Trinajstić information content (AvgIpc) is 2.35. The number of benzene rings is 1. The maximum atomic E-state index is 13.7. The van der Waals surface area contributed by atoms with E-state index in [1.807, 2.05) is 6.07 Å². The molecule has 0 unspecified atom stereocenters. The predicted octanol–water partition coefficient (Wildman–Crippen LogP) is 4.26. The van der Waals surface area contributed by atoms with Crippen LogP contribution in [0.25, 0.3) is 11.1 Å². The third-order valence-electron chi connectivity index (χ3n) is 2.48. The molecule has 0 fully saturated rings. The summed E-state index contributed by atoms with van der Waals surface area (Å²) < 4.78 is 13.7. The van der Waals surface area contributed by atoms with Gasteiger partial charge in [-0.1, -0.05) is 23.2 Å². The van der Waals surface area contributed by atoms with Gasteiger partial charge in [0.05, 0.1) is 18.7 Å². The fourth-order valence-corrected chi connectivity index (χ4v) is 2.05. The van der Waals surface area contributed by atoms with E-state index in [0.29, 0.717) is 21.2 Å². The number of hydrogen-bond acceptors (Lipinski definition) is 2. The Balaban J connectivity index is 2.67. The first-order chi connectivity index (χ1) is 8.63. The molecule has 0 saturated heterocycles. The van der Waals surface area contributed by atoms with Gasteiger partial charge in [0.1, 0.15) is 5.82 Å². The maximum Gasteiger partial charge on any atom is 0.146 e. The lowest BCUT2D eigenvalue weighted by Gasteiger charge is -2.09. The van der Waals surface area contributed by atoms with Gasteiger partial charge in [0, 0.05) is 32.9 Å². The van der Waals surface area contributed by atoms with Crippen molar-refractivity contribution < 1.29 is 4.39 Å². The normalized spacial score (nSPS) is 10.1. The molecule has 1 aromatic heterocycles. The van der Waals surface area contributed by atoms with Crippen LogP contribution >= 0.6 is 23.2 Å². The summed E-state index contributed by atoms with van der Waals surface area (Å²) in [6.45, 7) is 0. The lowest BCUT2D eigenvalue weighted by atomic mass is 10.00. The lowest BCUT2D eigenvalue weighted by Crippen LogP contribution is -1.96. The molecule has 2 rings (SSSR count). The molecular formula is C13H7Cl2FN2. The van der Waals surface area contributed by atoms with Crippen molar-refractivity contribution in [2.24, 2.45) is 0 Å². The van der Waals surface area contributed by atoms with E-state index in [-0.39, 0.29) is 12.0 Å². The summed E-state index contributed by atoms with van der Waals surface area (Å²) in [4.78, 5) is 3.79. The van der Waals surface area contributed by atoms with Gasteiger partial charge in [-0.05, 0) is 18.2 Å². The zero-order valence-electron chi connectivity index (χ0n) is 9.12. The molecule has 5 heteroatoms. The van der Waals surface area contributed by atoms with Crippen LogP contribution in [0.1, 0.15) is 5.56 Å². The minimum Gasteiger partial charge on any atom is -0.261 e. The topological polar surface area (TPSA) is 36.7 Å². The number of nitriles is 1. The quantitative estimate of drug-likeness (QED) is 0.824. The van der Waals surface area contributed by atoms with Gasteiger partial charge in [-0.15, -0.1) is 0 Å². The molecule has 0 bridgehead atoms. The van der Waals surface area contributed by atoms with Crippen LogP contribution < -0.4 is 0 Å². The first kappa shape index (κ1) is 12.8. The minimum atomic E-state index is -0.523. The van der Waals surface area contributed by atoms with E-state index in [2.05, 4.69) is 4.98 Å². The van der Waals surface area contributed by atoms with Crippen molar-refractivity contribution in [1.29, 1.82) is 5.26 Å². The first-order valence-corrected chi connectivity index (χ1v) is 5.84. The molecule has 0 spiro atoms. The number of pyridine rings is 1. The summed E-state index contributed by atoms with van der Waals surface area (Å²) in [7, 11) is 0. The Morgan fingerprint density at radius 2 is 2.00 bits per heavy atom. The van der Waals surface area contributed by atoms with E-state index < -0.39 is 5.82 Å². The summed E-state index contributed by atoms with van der Waals surface area (Å²) >= 11 is 12.0. The molecule has 2 nitrogen and oxygen atoms in total. The van der Waals surface area contributed by atoms with Gasteiger partial charge in [0.25, 0.3) is 0 Å². The fourth-order valence-electron chi connectivity index (χ4n) is 1.66. The molecule has 1 aromatic carbocycles. The third kappa shape index (κ3) is 2.45. The molecule has 90 valence electrons. The van der Waals surface area contributed by atoms with Gasteiger partial charge in [0.2, 0.25) is 0 Å². The van der Waals surface area contributed by atoms with Crippen LogP contribution in [0, 0.1) is 17.1 Å². The molecule has 2 aromatic rings. The standard InChI is InChI=1S/C13H7Cl2FN2/c14-8-1-2-12(15)10(5-8)11-6-18-7-13(16)9(11)3-4-17/h1-2,5-7H,3H2. The third-order valence-corrected chi connectivity index (χ3v) is 3.04. The van der Waals surface area contributed by atoms with Crippen LogP contribution in [0.15, 0.2) is 30.6 Å². The van der Waals surface area contributed by atoms with Crippen molar-refractivity contribution in [2.75, 3.05) is 0 Å². The molecule has 0 aliphatic carbocycles. The zero-order chi connectivity index (χ0) is 13.1. The molecular weight excluding hydrogens is 274 g/mol. The largest absolute Gasteiger partial charge is 0.261 e. The highest BCUT2D eigenvalue weighted by atomic mass is 35.5. The second-order valence-electron chi connectivity index (χ2n) is 3.61. The van der Waals surface area contributed by atoms with Gasteiger partial charge < -0.3 is 0 Å². The van der Waals surface area contributed by atoms with E-state index in [4.69, 9.17) is 28.5 Å². The predicted molar refractivity (Wildman–Crippen MR) is 69.0 cm³/mol. The summed E-state index contributed by atoms with van der Waals surface area (Å²) in [5, 5.41) is 9.67. The van der Waals surface area contributed by atoms with Crippen molar-refractivity contribution in [1.82, 2.24) is 4.98 Å². The van der Waals surface area contributed by atoms with Crippen molar-refractivity contribution in [3.63, 3.8) is 0 Å². The Morgan fingerprint density at radius 3 is 2.72 bits per heavy atom. The van der Waals surface area contributed by atoms with E-state index in [9.17, 15) is 4.39 Å².